The Kier molecular flexibility index (Phi) is 11.7. The second-order valence-corrected chi connectivity index (χ2v) is 5.42. The second kappa shape index (κ2) is 13.0. The molecule has 0 aliphatic heterocycles. The van der Waals surface area contributed by atoms with Crippen molar-refractivity contribution >= 4 is 11.9 Å². The van der Waals surface area contributed by atoms with Crippen molar-refractivity contribution in [2.24, 2.45) is 0 Å². The first-order chi connectivity index (χ1) is 11.7. The average Bonchev–Trinajstić information content (AvgIpc) is 2.56. The largest absolute Gasteiger partial charge is 0.473 e. The van der Waals surface area contributed by atoms with Gasteiger partial charge in [0.05, 0.1) is 24.7 Å². The van der Waals surface area contributed by atoms with Crippen molar-refractivity contribution in [2.45, 2.75) is 38.9 Å². The van der Waals surface area contributed by atoms with Gasteiger partial charge in [0, 0.05) is 11.1 Å². The lowest BCUT2D eigenvalue weighted by molar-refractivity contribution is -0.142. The molecule has 7 heteroatoms. The lowest BCUT2D eigenvalue weighted by Gasteiger charge is -2.09. The predicted octanol–water partition coefficient (Wildman–Crippen LogP) is 1.77. The Bertz CT molecular complexity index is 474. The van der Waals surface area contributed by atoms with Gasteiger partial charge in [-0.15, -0.1) is 0 Å². The van der Waals surface area contributed by atoms with Crippen LogP contribution in [0.25, 0.3) is 0 Å². The molecule has 0 aromatic heterocycles. The quantitative estimate of drug-likeness (QED) is 0.313. The first kappa shape index (κ1) is 22.6. The van der Waals surface area contributed by atoms with Crippen LogP contribution in [0.1, 0.15) is 26.7 Å². The Morgan fingerprint density at radius 1 is 0.880 bits per heavy atom. The Hall–Kier alpha value is -2.38. The van der Waals surface area contributed by atoms with Crippen LogP contribution in [0.2, 0.25) is 0 Å². The van der Waals surface area contributed by atoms with E-state index in [1.807, 2.05) is 0 Å². The minimum atomic E-state index is -0.836. The predicted molar refractivity (Wildman–Crippen MR) is 92.2 cm³/mol. The highest BCUT2D eigenvalue weighted by molar-refractivity contribution is 5.87. The van der Waals surface area contributed by atoms with E-state index in [-0.39, 0.29) is 37.2 Å². The van der Waals surface area contributed by atoms with Gasteiger partial charge in [-0.05, 0) is 38.8 Å². The standard InChI is InChI=1S/C18H26O7/c1-13(2)17(21)24-11-15(19)7-5-9-23-10-6-8-16(20)12-25-18(22)14(3)4/h5-6,9-10,15-16,19-20H,1,3,7-8,11-12H2,2,4H3. The Balaban J connectivity index is 3.80. The van der Waals surface area contributed by atoms with Gasteiger partial charge >= 0.3 is 11.9 Å². The summed E-state index contributed by atoms with van der Waals surface area (Å²) in [7, 11) is 0. The number of carbonyl (C=O) groups excluding carboxylic acids is 2. The number of hydrogen-bond donors (Lipinski definition) is 2. The average molecular weight is 354 g/mol. The number of esters is 2. The summed E-state index contributed by atoms with van der Waals surface area (Å²) in [5, 5.41) is 19.2. The van der Waals surface area contributed by atoms with E-state index in [0.29, 0.717) is 0 Å². The molecule has 25 heavy (non-hydrogen) atoms. The van der Waals surface area contributed by atoms with Gasteiger partial charge in [0.25, 0.3) is 0 Å². The molecule has 0 saturated heterocycles. The fourth-order valence-corrected chi connectivity index (χ4v) is 1.31. The zero-order valence-corrected chi connectivity index (χ0v) is 14.6. The molecule has 0 rings (SSSR count). The number of ether oxygens (including phenoxy) is 3. The molecule has 0 aliphatic carbocycles. The zero-order valence-electron chi connectivity index (χ0n) is 14.6. The van der Waals surface area contributed by atoms with E-state index in [4.69, 9.17) is 14.2 Å². The molecule has 140 valence electrons. The minimum absolute atomic E-state index is 0.124. The highest BCUT2D eigenvalue weighted by Gasteiger charge is 2.08. The van der Waals surface area contributed by atoms with E-state index in [0.717, 1.165) is 0 Å². The van der Waals surface area contributed by atoms with Crippen molar-refractivity contribution in [3.63, 3.8) is 0 Å². The molecule has 0 saturated carbocycles. The lowest BCUT2D eigenvalue weighted by atomic mass is 10.2. The molecule has 2 N–H and O–H groups in total. The monoisotopic (exact) mass is 354 g/mol. The summed E-state index contributed by atoms with van der Waals surface area (Å²) in [5.74, 6) is -1.09. The van der Waals surface area contributed by atoms with Crippen LogP contribution in [0.3, 0.4) is 0 Å². The van der Waals surface area contributed by atoms with Gasteiger partial charge in [0.2, 0.25) is 0 Å². The number of aliphatic hydroxyl groups excluding tert-OH is 2. The third-order valence-electron chi connectivity index (χ3n) is 2.68. The summed E-state index contributed by atoms with van der Waals surface area (Å²) in [6, 6.07) is 0. The van der Waals surface area contributed by atoms with E-state index in [1.165, 1.54) is 26.4 Å². The lowest BCUT2D eigenvalue weighted by Crippen LogP contribution is -2.18. The van der Waals surface area contributed by atoms with Crippen LogP contribution in [0.4, 0.5) is 0 Å². The molecule has 0 amide bonds. The molecule has 0 aromatic carbocycles. The first-order valence-electron chi connectivity index (χ1n) is 7.70. The van der Waals surface area contributed by atoms with E-state index in [1.54, 1.807) is 12.2 Å². The summed E-state index contributed by atoms with van der Waals surface area (Å²) in [4.78, 5) is 22.3. The first-order valence-corrected chi connectivity index (χ1v) is 7.70. The van der Waals surface area contributed by atoms with Crippen LogP contribution < -0.4 is 0 Å². The number of carbonyl (C=O) groups is 2. The normalized spacial score (nSPS) is 13.4. The Morgan fingerprint density at radius 2 is 1.24 bits per heavy atom. The molecule has 7 nitrogen and oxygen atoms in total. The molecule has 0 spiro atoms. The number of hydrogen-bond acceptors (Lipinski definition) is 7. The maximum absolute atomic E-state index is 11.1. The zero-order chi connectivity index (χ0) is 19.2. The van der Waals surface area contributed by atoms with Crippen molar-refractivity contribution in [2.75, 3.05) is 13.2 Å². The van der Waals surface area contributed by atoms with Crippen molar-refractivity contribution in [3.05, 3.63) is 49.0 Å². The van der Waals surface area contributed by atoms with Crippen LogP contribution in [0.15, 0.2) is 49.0 Å². The number of rotatable bonds is 12. The molecule has 0 heterocycles. The highest BCUT2D eigenvalue weighted by atomic mass is 16.5. The van der Waals surface area contributed by atoms with Crippen LogP contribution in [0, 0.1) is 0 Å². The summed E-state index contributed by atoms with van der Waals surface area (Å²) in [6.07, 6.45) is 4.66. The molecule has 2 atom stereocenters. The number of aliphatic hydroxyl groups is 2. The van der Waals surface area contributed by atoms with Gasteiger partial charge in [0.1, 0.15) is 13.2 Å². The van der Waals surface area contributed by atoms with Crippen LogP contribution in [-0.2, 0) is 23.8 Å². The van der Waals surface area contributed by atoms with Gasteiger partial charge in [-0.25, -0.2) is 9.59 Å². The summed E-state index contributed by atoms with van der Waals surface area (Å²) in [5.41, 5.74) is 0.542. The molecular formula is C18H26O7. The van der Waals surface area contributed by atoms with Crippen LogP contribution in [0.5, 0.6) is 0 Å². The molecule has 0 fully saturated rings. The van der Waals surface area contributed by atoms with Crippen LogP contribution in [-0.4, -0.2) is 47.6 Å². The van der Waals surface area contributed by atoms with E-state index >= 15 is 0 Å². The van der Waals surface area contributed by atoms with Gasteiger partial charge in [-0.1, -0.05) is 13.2 Å². The van der Waals surface area contributed by atoms with Gasteiger partial charge in [0.15, 0.2) is 0 Å². The van der Waals surface area contributed by atoms with Gasteiger partial charge < -0.3 is 24.4 Å². The van der Waals surface area contributed by atoms with Gasteiger partial charge in [-0.2, -0.15) is 0 Å². The summed E-state index contributed by atoms with van der Waals surface area (Å²) < 4.78 is 14.6. The van der Waals surface area contributed by atoms with Gasteiger partial charge in [-0.3, -0.25) is 0 Å². The maximum Gasteiger partial charge on any atom is 0.333 e. The SMILES string of the molecule is C=C(C)C(=O)OCC(O)CC=COC=CCC(O)COC(=O)C(=C)C. The minimum Gasteiger partial charge on any atom is -0.473 e. The fourth-order valence-electron chi connectivity index (χ4n) is 1.31. The molecule has 0 bridgehead atoms. The second-order valence-electron chi connectivity index (χ2n) is 5.42. The van der Waals surface area contributed by atoms with Crippen LogP contribution >= 0.6 is 0 Å². The van der Waals surface area contributed by atoms with E-state index < -0.39 is 24.1 Å². The fraction of sp³-hybridized carbons (Fsp3) is 0.444. The molecule has 0 aromatic rings. The third-order valence-corrected chi connectivity index (χ3v) is 2.68. The molecule has 0 radical (unpaired) electrons. The van der Waals surface area contributed by atoms with Crippen molar-refractivity contribution in [1.29, 1.82) is 0 Å². The topological polar surface area (TPSA) is 102 Å². The maximum atomic E-state index is 11.1. The summed E-state index contributed by atoms with van der Waals surface area (Å²) in [6.45, 7) is 9.67. The summed E-state index contributed by atoms with van der Waals surface area (Å²) >= 11 is 0. The molecule has 0 aliphatic rings. The Morgan fingerprint density at radius 3 is 1.56 bits per heavy atom. The van der Waals surface area contributed by atoms with Crippen molar-refractivity contribution in [3.8, 4) is 0 Å². The van der Waals surface area contributed by atoms with Crippen molar-refractivity contribution < 1.29 is 34.0 Å². The molecule has 2 unspecified atom stereocenters. The molecular weight excluding hydrogens is 328 g/mol. The van der Waals surface area contributed by atoms with Crippen molar-refractivity contribution in [1.82, 2.24) is 0 Å². The smallest absolute Gasteiger partial charge is 0.333 e. The third kappa shape index (κ3) is 12.7. The van der Waals surface area contributed by atoms with E-state index in [9.17, 15) is 19.8 Å². The Labute approximate surface area is 147 Å². The van der Waals surface area contributed by atoms with E-state index in [2.05, 4.69) is 13.2 Å². The highest BCUT2D eigenvalue weighted by Crippen LogP contribution is 2.00.